The summed E-state index contributed by atoms with van der Waals surface area (Å²) in [6, 6.07) is 12.3. The zero-order valence-electron chi connectivity index (χ0n) is 16.2. The minimum atomic E-state index is -0.487. The summed E-state index contributed by atoms with van der Waals surface area (Å²) in [6.07, 6.45) is 3.42. The SMILES string of the molecule is CCC(O)c1cc2n(n1)CCN(c1nc(-c3ccccc3)nc3c1CCC3)C2. The predicted molar refractivity (Wildman–Crippen MR) is 108 cm³/mol. The molecule has 1 atom stereocenters. The highest BCUT2D eigenvalue weighted by Crippen LogP contribution is 2.33. The number of fused-ring (bicyclic) bond motifs is 2. The number of aliphatic hydroxyl groups excluding tert-OH is 1. The van der Waals surface area contributed by atoms with Gasteiger partial charge in [-0.05, 0) is 31.7 Å². The summed E-state index contributed by atoms with van der Waals surface area (Å²) in [6.45, 7) is 4.42. The Labute approximate surface area is 164 Å². The molecule has 0 bridgehead atoms. The van der Waals surface area contributed by atoms with Crippen LogP contribution in [0.2, 0.25) is 0 Å². The van der Waals surface area contributed by atoms with E-state index in [9.17, 15) is 5.11 Å². The Bertz CT molecular complexity index is 998. The van der Waals surface area contributed by atoms with Gasteiger partial charge < -0.3 is 10.0 Å². The van der Waals surface area contributed by atoms with Crippen LogP contribution in [0.4, 0.5) is 5.82 Å². The minimum absolute atomic E-state index is 0.487. The molecule has 2 aromatic heterocycles. The number of rotatable bonds is 4. The van der Waals surface area contributed by atoms with Crippen LogP contribution >= 0.6 is 0 Å². The quantitative estimate of drug-likeness (QED) is 0.758. The first kappa shape index (κ1) is 17.4. The maximum Gasteiger partial charge on any atom is 0.161 e. The van der Waals surface area contributed by atoms with Crippen molar-refractivity contribution < 1.29 is 5.11 Å². The Balaban J connectivity index is 1.51. The summed E-state index contributed by atoms with van der Waals surface area (Å²) in [7, 11) is 0. The van der Waals surface area contributed by atoms with Gasteiger partial charge in [-0.3, -0.25) is 4.68 Å². The highest BCUT2D eigenvalue weighted by atomic mass is 16.3. The van der Waals surface area contributed by atoms with E-state index in [0.717, 1.165) is 67.5 Å². The molecule has 0 amide bonds. The maximum absolute atomic E-state index is 10.1. The van der Waals surface area contributed by atoms with Crippen LogP contribution in [0.3, 0.4) is 0 Å². The van der Waals surface area contributed by atoms with Gasteiger partial charge in [0.2, 0.25) is 0 Å². The van der Waals surface area contributed by atoms with Gasteiger partial charge in [-0.25, -0.2) is 9.97 Å². The molecular weight excluding hydrogens is 350 g/mol. The molecule has 0 radical (unpaired) electrons. The van der Waals surface area contributed by atoms with Crippen molar-refractivity contribution in [2.75, 3.05) is 11.4 Å². The van der Waals surface area contributed by atoms with E-state index in [0.29, 0.717) is 6.42 Å². The molecule has 1 aromatic carbocycles. The summed E-state index contributed by atoms with van der Waals surface area (Å²) >= 11 is 0. The van der Waals surface area contributed by atoms with Crippen molar-refractivity contribution >= 4 is 5.82 Å². The fraction of sp³-hybridized carbons (Fsp3) is 0.409. The van der Waals surface area contributed by atoms with Crippen molar-refractivity contribution in [1.29, 1.82) is 0 Å². The average molecular weight is 375 g/mol. The van der Waals surface area contributed by atoms with Crippen LogP contribution in [0.5, 0.6) is 0 Å². The molecule has 6 nitrogen and oxygen atoms in total. The first-order valence-electron chi connectivity index (χ1n) is 10.2. The number of benzene rings is 1. The van der Waals surface area contributed by atoms with Gasteiger partial charge in [0.1, 0.15) is 5.82 Å². The molecule has 0 spiro atoms. The Kier molecular flexibility index (Phi) is 4.36. The first-order valence-corrected chi connectivity index (χ1v) is 10.2. The van der Waals surface area contributed by atoms with E-state index in [1.165, 1.54) is 11.3 Å². The highest BCUT2D eigenvalue weighted by Gasteiger charge is 2.27. The number of hydrogen-bond acceptors (Lipinski definition) is 5. The number of aryl methyl sites for hydroxylation is 1. The lowest BCUT2D eigenvalue weighted by atomic mass is 10.1. The molecule has 1 aliphatic carbocycles. The van der Waals surface area contributed by atoms with E-state index in [1.807, 2.05) is 35.9 Å². The first-order chi connectivity index (χ1) is 13.7. The second-order valence-electron chi connectivity index (χ2n) is 7.64. The Morgan fingerprint density at radius 1 is 1.11 bits per heavy atom. The Morgan fingerprint density at radius 2 is 1.96 bits per heavy atom. The Morgan fingerprint density at radius 3 is 2.79 bits per heavy atom. The molecule has 1 unspecified atom stereocenters. The second kappa shape index (κ2) is 7.02. The number of nitrogens with zero attached hydrogens (tertiary/aromatic N) is 5. The lowest BCUT2D eigenvalue weighted by molar-refractivity contribution is 0.168. The van der Waals surface area contributed by atoms with Crippen LogP contribution in [-0.2, 0) is 25.9 Å². The smallest absolute Gasteiger partial charge is 0.161 e. The third-order valence-corrected chi connectivity index (χ3v) is 5.79. The topological polar surface area (TPSA) is 67.1 Å². The van der Waals surface area contributed by atoms with E-state index in [1.54, 1.807) is 0 Å². The number of anilines is 1. The van der Waals surface area contributed by atoms with Gasteiger partial charge in [-0.2, -0.15) is 5.10 Å². The summed E-state index contributed by atoms with van der Waals surface area (Å²) in [5, 5.41) is 14.7. The van der Waals surface area contributed by atoms with E-state index in [2.05, 4.69) is 22.1 Å². The van der Waals surface area contributed by atoms with E-state index >= 15 is 0 Å². The summed E-state index contributed by atoms with van der Waals surface area (Å²) in [4.78, 5) is 12.2. The fourth-order valence-electron chi connectivity index (χ4n) is 4.23. The van der Waals surface area contributed by atoms with Gasteiger partial charge >= 0.3 is 0 Å². The molecular formula is C22H25N5O. The second-order valence-corrected chi connectivity index (χ2v) is 7.64. The molecule has 6 heteroatoms. The third kappa shape index (κ3) is 2.98. The normalized spacial score (nSPS) is 16.7. The molecule has 0 fully saturated rings. The monoisotopic (exact) mass is 375 g/mol. The number of aliphatic hydroxyl groups is 1. The summed E-state index contributed by atoms with van der Waals surface area (Å²) < 4.78 is 2.03. The van der Waals surface area contributed by atoms with Gasteiger partial charge in [0.15, 0.2) is 5.82 Å². The lowest BCUT2D eigenvalue weighted by Gasteiger charge is -2.30. The molecule has 28 heavy (non-hydrogen) atoms. The van der Waals surface area contributed by atoms with Crippen LogP contribution < -0.4 is 4.90 Å². The van der Waals surface area contributed by atoms with Gasteiger partial charge in [0.25, 0.3) is 0 Å². The van der Waals surface area contributed by atoms with Crippen molar-refractivity contribution in [2.45, 2.75) is 51.8 Å². The summed E-state index contributed by atoms with van der Waals surface area (Å²) in [5.41, 5.74) is 5.48. The molecule has 5 rings (SSSR count). The van der Waals surface area contributed by atoms with Crippen molar-refractivity contribution in [2.24, 2.45) is 0 Å². The van der Waals surface area contributed by atoms with Crippen molar-refractivity contribution in [1.82, 2.24) is 19.7 Å². The highest BCUT2D eigenvalue weighted by molar-refractivity contribution is 5.61. The standard InChI is InChI=1S/C22H25N5O/c1-2-20(28)19-13-16-14-26(11-12-27(16)25-19)22-17-9-6-10-18(17)23-21(24-22)15-7-4-3-5-8-15/h3-5,7-8,13,20,28H,2,6,9-12,14H2,1H3. The predicted octanol–water partition coefficient (Wildman–Crippen LogP) is 3.29. The van der Waals surface area contributed by atoms with Crippen LogP contribution in [0.25, 0.3) is 11.4 Å². The largest absolute Gasteiger partial charge is 0.387 e. The van der Waals surface area contributed by atoms with Crippen molar-refractivity contribution in [3.8, 4) is 11.4 Å². The molecule has 3 heterocycles. The average Bonchev–Trinajstić information content (AvgIpc) is 3.39. The number of hydrogen-bond donors (Lipinski definition) is 1. The van der Waals surface area contributed by atoms with Crippen molar-refractivity contribution in [3.63, 3.8) is 0 Å². The molecule has 0 saturated heterocycles. The van der Waals surface area contributed by atoms with Crippen LogP contribution in [0, 0.1) is 0 Å². The van der Waals surface area contributed by atoms with Gasteiger partial charge in [0, 0.05) is 23.4 Å². The van der Waals surface area contributed by atoms with E-state index in [-0.39, 0.29) is 0 Å². The zero-order chi connectivity index (χ0) is 19.1. The molecule has 144 valence electrons. The molecule has 3 aromatic rings. The maximum atomic E-state index is 10.1. The van der Waals surface area contributed by atoms with E-state index < -0.39 is 6.10 Å². The lowest BCUT2D eigenvalue weighted by Crippen LogP contribution is -2.35. The van der Waals surface area contributed by atoms with Crippen LogP contribution in [-0.4, -0.2) is 31.4 Å². The van der Waals surface area contributed by atoms with Crippen LogP contribution in [0.1, 0.15) is 48.5 Å². The molecule has 0 saturated carbocycles. The fourth-order valence-corrected chi connectivity index (χ4v) is 4.23. The molecule has 1 N–H and O–H groups in total. The van der Waals surface area contributed by atoms with Gasteiger partial charge in [-0.15, -0.1) is 0 Å². The summed E-state index contributed by atoms with van der Waals surface area (Å²) in [5.74, 6) is 1.89. The third-order valence-electron chi connectivity index (χ3n) is 5.79. The minimum Gasteiger partial charge on any atom is -0.387 e. The van der Waals surface area contributed by atoms with Crippen LogP contribution in [0.15, 0.2) is 36.4 Å². The number of aromatic nitrogens is 4. The Hall–Kier alpha value is -2.73. The van der Waals surface area contributed by atoms with Gasteiger partial charge in [0.05, 0.1) is 30.6 Å². The van der Waals surface area contributed by atoms with E-state index in [4.69, 9.17) is 9.97 Å². The van der Waals surface area contributed by atoms with Gasteiger partial charge in [-0.1, -0.05) is 37.3 Å². The molecule has 2 aliphatic rings. The zero-order valence-corrected chi connectivity index (χ0v) is 16.2. The van der Waals surface area contributed by atoms with Crippen molar-refractivity contribution in [3.05, 3.63) is 59.0 Å². The molecule has 1 aliphatic heterocycles.